The van der Waals surface area contributed by atoms with Gasteiger partial charge in [-0.1, -0.05) is 36.4 Å². The zero-order chi connectivity index (χ0) is 13.2. The second-order valence-electron chi connectivity index (χ2n) is 4.80. The van der Waals surface area contributed by atoms with Gasteiger partial charge in [0.2, 0.25) is 0 Å². The summed E-state index contributed by atoms with van der Waals surface area (Å²) in [7, 11) is 1.98. The topological polar surface area (TPSA) is 25.2 Å². The van der Waals surface area contributed by atoms with Gasteiger partial charge in [0.1, 0.15) is 0 Å². The summed E-state index contributed by atoms with van der Waals surface area (Å²) in [5.41, 5.74) is 3.74. The minimum atomic E-state index is 0.157. The largest absolute Gasteiger partial charge is 0.472 e. The lowest BCUT2D eigenvalue weighted by atomic mass is 9.93. The summed E-state index contributed by atoms with van der Waals surface area (Å²) in [6, 6.07) is 15.1. The van der Waals surface area contributed by atoms with Crippen LogP contribution in [0.4, 0.5) is 0 Å². The van der Waals surface area contributed by atoms with E-state index in [1.807, 2.05) is 13.1 Å². The van der Waals surface area contributed by atoms with Crippen LogP contribution in [-0.4, -0.2) is 7.05 Å². The first kappa shape index (κ1) is 12.0. The van der Waals surface area contributed by atoms with Crippen molar-refractivity contribution in [3.63, 3.8) is 0 Å². The summed E-state index contributed by atoms with van der Waals surface area (Å²) in [6.07, 6.45) is 3.52. The Kier molecular flexibility index (Phi) is 3.10. The van der Waals surface area contributed by atoms with Crippen molar-refractivity contribution in [2.24, 2.45) is 0 Å². The Labute approximate surface area is 113 Å². The molecule has 0 radical (unpaired) electrons. The Morgan fingerprint density at radius 2 is 1.79 bits per heavy atom. The molecule has 2 nitrogen and oxygen atoms in total. The van der Waals surface area contributed by atoms with Crippen LogP contribution in [-0.2, 0) is 0 Å². The molecule has 1 atom stereocenters. The minimum absolute atomic E-state index is 0.157. The predicted molar refractivity (Wildman–Crippen MR) is 78.3 cm³/mol. The van der Waals surface area contributed by atoms with Gasteiger partial charge >= 0.3 is 0 Å². The number of rotatable bonds is 3. The molecular weight excluding hydrogens is 234 g/mol. The highest BCUT2D eigenvalue weighted by Gasteiger charge is 2.16. The number of benzene rings is 2. The Bertz CT molecular complexity index is 686. The lowest BCUT2D eigenvalue weighted by molar-refractivity contribution is 0.557. The fraction of sp³-hybridized carbons (Fsp3) is 0.176. The molecule has 1 aromatic heterocycles. The number of nitrogens with one attached hydrogen (secondary N) is 1. The average molecular weight is 251 g/mol. The third-order valence-electron chi connectivity index (χ3n) is 3.65. The smallest absolute Gasteiger partial charge is 0.0953 e. The highest BCUT2D eigenvalue weighted by Crippen LogP contribution is 2.30. The maximum atomic E-state index is 5.21. The molecule has 2 aromatic carbocycles. The van der Waals surface area contributed by atoms with Crippen molar-refractivity contribution >= 4 is 10.8 Å². The van der Waals surface area contributed by atoms with E-state index in [4.69, 9.17) is 4.42 Å². The van der Waals surface area contributed by atoms with E-state index in [-0.39, 0.29) is 6.04 Å². The Balaban J connectivity index is 2.22. The Morgan fingerprint density at radius 3 is 2.47 bits per heavy atom. The van der Waals surface area contributed by atoms with E-state index in [1.54, 1.807) is 12.5 Å². The molecule has 0 saturated heterocycles. The van der Waals surface area contributed by atoms with Crippen LogP contribution < -0.4 is 5.32 Å². The van der Waals surface area contributed by atoms with Crippen LogP contribution >= 0.6 is 0 Å². The number of hydrogen-bond donors (Lipinski definition) is 1. The summed E-state index contributed by atoms with van der Waals surface area (Å²) in [4.78, 5) is 0. The maximum absolute atomic E-state index is 5.21. The summed E-state index contributed by atoms with van der Waals surface area (Å²) in [6.45, 7) is 2.15. The highest BCUT2D eigenvalue weighted by atomic mass is 16.3. The quantitative estimate of drug-likeness (QED) is 0.759. The van der Waals surface area contributed by atoms with Crippen LogP contribution in [0.1, 0.15) is 22.7 Å². The summed E-state index contributed by atoms with van der Waals surface area (Å²) in [5, 5.41) is 5.98. The average Bonchev–Trinajstić information content (AvgIpc) is 2.96. The fourth-order valence-corrected chi connectivity index (χ4v) is 2.67. The normalized spacial score (nSPS) is 12.7. The van der Waals surface area contributed by atoms with Crippen LogP contribution in [0.15, 0.2) is 59.4 Å². The van der Waals surface area contributed by atoms with Crippen LogP contribution in [0.2, 0.25) is 0 Å². The van der Waals surface area contributed by atoms with Crippen LogP contribution in [0.5, 0.6) is 0 Å². The van der Waals surface area contributed by atoms with Gasteiger partial charge in [0.25, 0.3) is 0 Å². The van der Waals surface area contributed by atoms with E-state index in [1.165, 1.54) is 21.9 Å². The SMILES string of the molecule is CNC(c1ccoc1)c1ccc(C)c2ccccc12. The number of furan rings is 1. The molecule has 1 heterocycles. The molecular formula is C17H17NO. The van der Waals surface area contributed by atoms with E-state index < -0.39 is 0 Å². The van der Waals surface area contributed by atoms with Gasteiger partial charge in [0, 0.05) is 5.56 Å². The van der Waals surface area contributed by atoms with Crippen LogP contribution in [0, 0.1) is 6.92 Å². The third-order valence-corrected chi connectivity index (χ3v) is 3.65. The van der Waals surface area contributed by atoms with Crippen molar-refractivity contribution in [3.8, 4) is 0 Å². The molecule has 0 spiro atoms. The monoisotopic (exact) mass is 251 g/mol. The first-order valence-corrected chi connectivity index (χ1v) is 6.49. The lowest BCUT2D eigenvalue weighted by Gasteiger charge is -2.18. The number of aryl methyl sites for hydroxylation is 1. The highest BCUT2D eigenvalue weighted by molar-refractivity contribution is 5.89. The molecule has 3 rings (SSSR count). The van der Waals surface area contributed by atoms with Crippen molar-refractivity contribution in [1.29, 1.82) is 0 Å². The number of hydrogen-bond acceptors (Lipinski definition) is 2. The second kappa shape index (κ2) is 4.90. The second-order valence-corrected chi connectivity index (χ2v) is 4.80. The summed E-state index contributed by atoms with van der Waals surface area (Å²) in [5.74, 6) is 0. The van der Waals surface area contributed by atoms with Crippen LogP contribution in [0.25, 0.3) is 10.8 Å². The van der Waals surface area contributed by atoms with Gasteiger partial charge < -0.3 is 9.73 Å². The lowest BCUT2D eigenvalue weighted by Crippen LogP contribution is -2.17. The Hall–Kier alpha value is -2.06. The van der Waals surface area contributed by atoms with Crippen molar-refractivity contribution in [3.05, 3.63) is 71.7 Å². The molecule has 96 valence electrons. The van der Waals surface area contributed by atoms with Crippen molar-refractivity contribution in [2.75, 3.05) is 7.05 Å². The van der Waals surface area contributed by atoms with E-state index >= 15 is 0 Å². The molecule has 0 aliphatic rings. The first-order chi connectivity index (χ1) is 9.31. The molecule has 0 saturated carbocycles. The Morgan fingerprint density at radius 1 is 1.00 bits per heavy atom. The standard InChI is InChI=1S/C17H17NO/c1-12-7-8-16(15-6-4-3-5-14(12)15)17(18-2)13-9-10-19-11-13/h3-11,17-18H,1-2H3. The van der Waals surface area contributed by atoms with Gasteiger partial charge in [0.15, 0.2) is 0 Å². The number of fused-ring (bicyclic) bond motifs is 1. The fourth-order valence-electron chi connectivity index (χ4n) is 2.67. The molecule has 0 amide bonds. The molecule has 3 aromatic rings. The van der Waals surface area contributed by atoms with E-state index in [9.17, 15) is 0 Å². The summed E-state index contributed by atoms with van der Waals surface area (Å²) < 4.78 is 5.21. The van der Waals surface area contributed by atoms with Crippen molar-refractivity contribution in [1.82, 2.24) is 5.32 Å². The molecule has 1 unspecified atom stereocenters. The third kappa shape index (κ3) is 2.04. The minimum Gasteiger partial charge on any atom is -0.472 e. The van der Waals surface area contributed by atoms with Crippen LogP contribution in [0.3, 0.4) is 0 Å². The van der Waals surface area contributed by atoms with Gasteiger partial charge in [0.05, 0.1) is 18.6 Å². The first-order valence-electron chi connectivity index (χ1n) is 6.49. The molecule has 0 aliphatic carbocycles. The van der Waals surface area contributed by atoms with Gasteiger partial charge in [-0.25, -0.2) is 0 Å². The van der Waals surface area contributed by atoms with E-state index in [0.29, 0.717) is 0 Å². The maximum Gasteiger partial charge on any atom is 0.0953 e. The molecule has 0 aliphatic heterocycles. The molecule has 0 bridgehead atoms. The van der Waals surface area contributed by atoms with E-state index in [2.05, 4.69) is 48.6 Å². The van der Waals surface area contributed by atoms with E-state index in [0.717, 1.165) is 5.56 Å². The van der Waals surface area contributed by atoms with Gasteiger partial charge in [-0.2, -0.15) is 0 Å². The predicted octanol–water partition coefficient (Wildman–Crippen LogP) is 4.05. The van der Waals surface area contributed by atoms with Gasteiger partial charge in [-0.05, 0) is 41.9 Å². The van der Waals surface area contributed by atoms with Crippen molar-refractivity contribution < 1.29 is 4.42 Å². The molecule has 1 N–H and O–H groups in total. The zero-order valence-corrected chi connectivity index (χ0v) is 11.2. The van der Waals surface area contributed by atoms with Gasteiger partial charge in [-0.15, -0.1) is 0 Å². The zero-order valence-electron chi connectivity index (χ0n) is 11.2. The molecule has 19 heavy (non-hydrogen) atoms. The summed E-state index contributed by atoms with van der Waals surface area (Å²) >= 11 is 0. The molecule has 2 heteroatoms. The van der Waals surface area contributed by atoms with Crippen molar-refractivity contribution in [2.45, 2.75) is 13.0 Å². The van der Waals surface area contributed by atoms with Gasteiger partial charge in [-0.3, -0.25) is 0 Å². The molecule has 0 fully saturated rings.